The van der Waals surface area contributed by atoms with Crippen LogP contribution in [0.3, 0.4) is 0 Å². The second-order valence-corrected chi connectivity index (χ2v) is 19.0. The van der Waals surface area contributed by atoms with Crippen LogP contribution in [0, 0.1) is 23.2 Å². The molecule has 356 valence electrons. The van der Waals surface area contributed by atoms with E-state index in [0.717, 1.165) is 104 Å². The highest BCUT2D eigenvalue weighted by Crippen LogP contribution is 2.52. The maximum absolute atomic E-state index is 14.4. The van der Waals surface area contributed by atoms with E-state index in [4.69, 9.17) is 9.73 Å². The standard InChI is InChI=1S/C39H54FN3O.C8H18.C7H14O.C3H8/c1-10-16-30-24-32(25-30)43-37-26-31(18-19-33(37)39(20-12-3,21-13-4)38(43)44)27(7)23-36(41-22-14-5)28(8)29(9)42-35(17-11-2)34(40)15-6;1-5-7-8(3,4)6-2;1-3-6(2)7-4-8-5-7;1-3-2/h11,15,17-19,22-23,26,30,32,42H,6-7,10,12-14,16,20-21,24-25H2,1-5,8-9H3;5-7H2,1-4H3;6-7H,3-5H2,1-2H3;3H2,1-2H3/b17-11-,29-28+,35-34-,36-23+,41-22?;;;. The lowest BCUT2D eigenvalue weighted by Crippen LogP contribution is -2.50. The van der Waals surface area contributed by atoms with E-state index in [9.17, 15) is 9.18 Å². The number of carbonyl (C=O) groups is 1. The van der Waals surface area contributed by atoms with Gasteiger partial charge in [-0.3, -0.25) is 9.79 Å². The highest BCUT2D eigenvalue weighted by molar-refractivity contribution is 6.09. The Balaban J connectivity index is 0.000000859. The number of ether oxygens (including phenoxy) is 1. The molecule has 1 saturated heterocycles. The number of allylic oxidation sites excluding steroid dienone is 8. The molecule has 3 aliphatic rings. The van der Waals surface area contributed by atoms with Crippen molar-refractivity contribution in [2.75, 3.05) is 18.1 Å². The summed E-state index contributed by atoms with van der Waals surface area (Å²) in [4.78, 5) is 21.2. The van der Waals surface area contributed by atoms with E-state index in [-0.39, 0.29) is 6.04 Å². The van der Waals surface area contributed by atoms with Gasteiger partial charge in [0.1, 0.15) is 5.83 Å². The van der Waals surface area contributed by atoms with Crippen molar-refractivity contribution in [3.8, 4) is 0 Å². The Morgan fingerprint density at radius 3 is 2.06 bits per heavy atom. The molecule has 5 nitrogen and oxygen atoms in total. The summed E-state index contributed by atoms with van der Waals surface area (Å²) in [6.45, 7) is 42.4. The van der Waals surface area contributed by atoms with Crippen molar-refractivity contribution in [2.24, 2.45) is 28.2 Å². The first kappa shape index (κ1) is 57.5. The van der Waals surface area contributed by atoms with Gasteiger partial charge in [0.15, 0.2) is 0 Å². The van der Waals surface area contributed by atoms with Gasteiger partial charge in [0.2, 0.25) is 5.91 Å². The van der Waals surface area contributed by atoms with Gasteiger partial charge in [0.05, 0.1) is 30.0 Å². The molecular weight excluding hydrogens is 778 g/mol. The van der Waals surface area contributed by atoms with Crippen molar-refractivity contribution in [1.82, 2.24) is 5.32 Å². The number of anilines is 1. The first-order valence-electron chi connectivity index (χ1n) is 25.1. The number of aliphatic imine (C=N–C) groups is 1. The average molecular weight is 872 g/mol. The summed E-state index contributed by atoms with van der Waals surface area (Å²) in [5, 5.41) is 3.19. The minimum Gasteiger partial charge on any atom is -0.381 e. The van der Waals surface area contributed by atoms with E-state index in [1.54, 1.807) is 12.2 Å². The summed E-state index contributed by atoms with van der Waals surface area (Å²) in [7, 11) is 0. The van der Waals surface area contributed by atoms with Crippen LogP contribution in [-0.4, -0.2) is 31.4 Å². The van der Waals surface area contributed by atoms with Crippen molar-refractivity contribution >= 4 is 23.4 Å². The minimum absolute atomic E-state index is 0.270. The largest absolute Gasteiger partial charge is 0.381 e. The van der Waals surface area contributed by atoms with Crippen LogP contribution < -0.4 is 10.2 Å². The molecule has 0 radical (unpaired) electrons. The van der Waals surface area contributed by atoms with Crippen molar-refractivity contribution in [3.05, 3.63) is 95.3 Å². The van der Waals surface area contributed by atoms with E-state index in [1.165, 1.54) is 56.6 Å². The van der Waals surface area contributed by atoms with Gasteiger partial charge in [0, 0.05) is 29.6 Å². The maximum atomic E-state index is 14.4. The first-order valence-corrected chi connectivity index (χ1v) is 25.1. The van der Waals surface area contributed by atoms with Gasteiger partial charge in [-0.15, -0.1) is 0 Å². The van der Waals surface area contributed by atoms with Crippen LogP contribution in [0.15, 0.2) is 89.1 Å². The van der Waals surface area contributed by atoms with E-state index in [2.05, 4.69) is 118 Å². The molecule has 6 heteroatoms. The van der Waals surface area contributed by atoms with E-state index in [1.807, 2.05) is 40.0 Å². The number of hydrogen-bond donors (Lipinski definition) is 1. The number of benzene rings is 1. The van der Waals surface area contributed by atoms with Gasteiger partial charge >= 0.3 is 0 Å². The fraction of sp³-hybridized carbons (Fsp3) is 0.649. The molecule has 2 fully saturated rings. The topological polar surface area (TPSA) is 53.9 Å². The third-order valence-corrected chi connectivity index (χ3v) is 13.2. The molecule has 0 bridgehead atoms. The summed E-state index contributed by atoms with van der Waals surface area (Å²) >= 11 is 0. The Kier molecular flexibility index (Phi) is 27.2. The number of nitrogens with zero attached hydrogens (tertiary/aromatic N) is 2. The smallest absolute Gasteiger partial charge is 0.237 e. The third kappa shape index (κ3) is 17.1. The Hall–Kier alpha value is -3.51. The molecular formula is C57H94FN3O2. The second kappa shape index (κ2) is 29.8. The number of amides is 1. The normalized spacial score (nSPS) is 19.5. The Morgan fingerprint density at radius 1 is 1.02 bits per heavy atom. The van der Waals surface area contributed by atoms with Crippen molar-refractivity contribution in [2.45, 2.75) is 205 Å². The summed E-state index contributed by atoms with van der Waals surface area (Å²) in [6, 6.07) is 6.76. The van der Waals surface area contributed by atoms with Crippen LogP contribution in [0.5, 0.6) is 0 Å². The lowest BCUT2D eigenvalue weighted by atomic mass is 9.73. The highest BCUT2D eigenvalue weighted by Gasteiger charge is 2.53. The zero-order valence-corrected chi connectivity index (χ0v) is 43.2. The summed E-state index contributed by atoms with van der Waals surface area (Å²) in [5.74, 6) is 2.33. The maximum Gasteiger partial charge on any atom is 0.237 e. The predicted octanol–water partition coefficient (Wildman–Crippen LogP) is 17.0. The number of halogens is 1. The van der Waals surface area contributed by atoms with Crippen LogP contribution in [0.2, 0.25) is 0 Å². The zero-order chi connectivity index (χ0) is 47.8. The molecule has 63 heavy (non-hydrogen) atoms. The molecule has 2 heterocycles. The number of nitrogens with one attached hydrogen (secondary N) is 1. The lowest BCUT2D eigenvalue weighted by molar-refractivity contribution is -0.124. The van der Waals surface area contributed by atoms with Crippen LogP contribution in [0.4, 0.5) is 10.1 Å². The molecule has 2 aliphatic heterocycles. The summed E-state index contributed by atoms with van der Waals surface area (Å²) in [5.41, 5.74) is 6.95. The average Bonchev–Trinajstić information content (AvgIpc) is 3.45. The number of carbonyl (C=O) groups excluding carboxylic acids is 1. The molecule has 1 saturated carbocycles. The van der Waals surface area contributed by atoms with Crippen LogP contribution in [-0.2, 0) is 14.9 Å². The first-order chi connectivity index (χ1) is 30.0. The number of hydrogen-bond acceptors (Lipinski definition) is 4. The highest BCUT2D eigenvalue weighted by atomic mass is 19.1. The van der Waals surface area contributed by atoms with Crippen LogP contribution in [0.25, 0.3) is 5.57 Å². The lowest BCUT2D eigenvalue weighted by Gasteiger charge is -2.42. The van der Waals surface area contributed by atoms with Gasteiger partial charge in [-0.2, -0.15) is 0 Å². The monoisotopic (exact) mass is 872 g/mol. The summed E-state index contributed by atoms with van der Waals surface area (Å²) < 4.78 is 19.5. The van der Waals surface area contributed by atoms with Crippen LogP contribution in [0.1, 0.15) is 205 Å². The van der Waals surface area contributed by atoms with Gasteiger partial charge in [-0.25, -0.2) is 4.39 Å². The molecule has 1 aromatic rings. The van der Waals surface area contributed by atoms with E-state index < -0.39 is 11.2 Å². The number of rotatable bonds is 21. The van der Waals surface area contributed by atoms with Crippen LogP contribution >= 0.6 is 0 Å². The molecule has 1 unspecified atom stereocenters. The SMILES string of the molecule is C=C/C(F)=C(\C=C/C)N/C(C)=C(C)/C(=C\C(=C)c1ccc2c(c1)N(C1CC(CCC)C1)C(=O)C2(CCC)CCC)N=CCC.CCC.CCC(C)C1COC1.CCCC(C)(C)CC. The fourth-order valence-corrected chi connectivity index (χ4v) is 8.57. The molecule has 1 aromatic carbocycles. The fourth-order valence-electron chi connectivity index (χ4n) is 8.57. The third-order valence-electron chi connectivity index (χ3n) is 13.2. The van der Waals surface area contributed by atoms with Crippen molar-refractivity contribution in [1.29, 1.82) is 0 Å². The Labute approximate surface area is 388 Å². The minimum atomic E-state index is -0.443. The number of fused-ring (bicyclic) bond motifs is 1. The van der Waals surface area contributed by atoms with E-state index in [0.29, 0.717) is 22.9 Å². The van der Waals surface area contributed by atoms with Gasteiger partial charge in [0.25, 0.3) is 0 Å². The van der Waals surface area contributed by atoms with Gasteiger partial charge in [-0.1, -0.05) is 166 Å². The predicted molar refractivity (Wildman–Crippen MR) is 276 cm³/mol. The second-order valence-electron chi connectivity index (χ2n) is 19.0. The van der Waals surface area contributed by atoms with E-state index >= 15 is 0 Å². The summed E-state index contributed by atoms with van der Waals surface area (Å²) in [6.07, 6.45) is 24.1. The molecule has 1 N–H and O–H groups in total. The molecule has 4 rings (SSSR count). The molecule has 0 spiro atoms. The Morgan fingerprint density at radius 2 is 1.63 bits per heavy atom. The molecule has 0 aromatic heterocycles. The molecule has 1 aliphatic carbocycles. The van der Waals surface area contributed by atoms with Gasteiger partial charge < -0.3 is 15.0 Å². The Bertz CT molecular complexity index is 1690. The molecule has 1 amide bonds. The van der Waals surface area contributed by atoms with Gasteiger partial charge in [-0.05, 0) is 123 Å². The molecule has 1 atom stereocenters. The van der Waals surface area contributed by atoms with Crippen molar-refractivity contribution < 1.29 is 13.9 Å². The zero-order valence-electron chi connectivity index (χ0n) is 43.2. The van der Waals surface area contributed by atoms with Crippen molar-refractivity contribution in [3.63, 3.8) is 0 Å². The quantitative estimate of drug-likeness (QED) is 0.0989.